The zero-order valence-corrected chi connectivity index (χ0v) is 14.1. The average molecular weight is 391 g/mol. The monoisotopic (exact) mass is 389 g/mol. The van der Waals surface area contributed by atoms with Gasteiger partial charge in [0.2, 0.25) is 0 Å². The fourth-order valence-corrected chi connectivity index (χ4v) is 2.53. The van der Waals surface area contributed by atoms with E-state index in [2.05, 4.69) is 15.9 Å². The molecule has 104 valence electrons. The molecular formula is C14H10BrCl2NOS. The van der Waals surface area contributed by atoms with Crippen molar-refractivity contribution in [3.8, 4) is 5.75 Å². The van der Waals surface area contributed by atoms with Gasteiger partial charge in [0, 0.05) is 10.0 Å². The van der Waals surface area contributed by atoms with Crippen LogP contribution in [0.2, 0.25) is 10.0 Å². The van der Waals surface area contributed by atoms with Crippen LogP contribution in [0.5, 0.6) is 5.75 Å². The number of nitrogens with two attached hydrogens (primary N) is 1. The summed E-state index contributed by atoms with van der Waals surface area (Å²) in [5.41, 5.74) is 7.17. The normalized spacial score (nSPS) is 10.3. The second-order valence-electron chi connectivity index (χ2n) is 4.01. The molecule has 2 nitrogen and oxygen atoms in total. The lowest BCUT2D eigenvalue weighted by Crippen LogP contribution is -2.11. The van der Waals surface area contributed by atoms with E-state index in [9.17, 15) is 0 Å². The zero-order valence-electron chi connectivity index (χ0n) is 10.2. The van der Waals surface area contributed by atoms with Crippen LogP contribution >= 0.6 is 51.3 Å². The van der Waals surface area contributed by atoms with Crippen molar-refractivity contribution in [3.63, 3.8) is 0 Å². The summed E-state index contributed by atoms with van der Waals surface area (Å²) in [5, 5.41) is 0.987. The van der Waals surface area contributed by atoms with Crippen molar-refractivity contribution < 1.29 is 4.74 Å². The van der Waals surface area contributed by atoms with E-state index in [0.717, 1.165) is 10.0 Å². The van der Waals surface area contributed by atoms with Gasteiger partial charge in [-0.15, -0.1) is 0 Å². The quantitative estimate of drug-likeness (QED) is 0.748. The van der Waals surface area contributed by atoms with Crippen LogP contribution in [-0.2, 0) is 6.61 Å². The average Bonchev–Trinajstić information content (AvgIpc) is 2.41. The number of halogens is 3. The van der Waals surface area contributed by atoms with Crippen molar-refractivity contribution in [2.24, 2.45) is 5.73 Å². The summed E-state index contributed by atoms with van der Waals surface area (Å²) < 4.78 is 6.63. The van der Waals surface area contributed by atoms with Gasteiger partial charge in [0.05, 0.1) is 15.6 Å². The van der Waals surface area contributed by atoms with Gasteiger partial charge in [-0.2, -0.15) is 0 Å². The second kappa shape index (κ2) is 6.76. The molecule has 2 aromatic rings. The molecule has 0 saturated heterocycles. The van der Waals surface area contributed by atoms with Gasteiger partial charge in [-0.25, -0.2) is 0 Å². The molecule has 0 aliphatic rings. The second-order valence-corrected chi connectivity index (χ2v) is 6.15. The molecule has 2 N–H and O–H groups in total. The number of hydrogen-bond acceptors (Lipinski definition) is 2. The molecular weight excluding hydrogens is 381 g/mol. The van der Waals surface area contributed by atoms with E-state index in [0.29, 0.717) is 21.4 Å². The van der Waals surface area contributed by atoms with Gasteiger partial charge in [-0.3, -0.25) is 0 Å². The highest BCUT2D eigenvalue weighted by molar-refractivity contribution is 9.10. The fraction of sp³-hybridized carbons (Fsp3) is 0.0714. The summed E-state index contributed by atoms with van der Waals surface area (Å²) in [7, 11) is 0. The number of rotatable bonds is 4. The molecule has 0 atom stereocenters. The molecule has 0 saturated carbocycles. The van der Waals surface area contributed by atoms with Crippen LogP contribution in [0.25, 0.3) is 0 Å². The Labute approximate surface area is 141 Å². The topological polar surface area (TPSA) is 35.2 Å². The lowest BCUT2D eigenvalue weighted by atomic mass is 10.2. The first kappa shape index (κ1) is 15.6. The van der Waals surface area contributed by atoms with Crippen LogP contribution in [0.15, 0.2) is 40.9 Å². The molecule has 2 aromatic carbocycles. The third-order valence-electron chi connectivity index (χ3n) is 2.62. The standard InChI is InChI=1S/C14H10BrCl2NOS/c15-9-4-5-12(10(6-9)14(18)20)19-7-8-2-1-3-11(16)13(8)17/h1-6H,7H2,(H2,18,20). The van der Waals surface area contributed by atoms with Crippen LogP contribution < -0.4 is 10.5 Å². The Balaban J connectivity index is 2.23. The first-order valence-corrected chi connectivity index (χ1v) is 7.60. The Morgan fingerprint density at radius 1 is 1.25 bits per heavy atom. The Kier molecular flexibility index (Phi) is 5.27. The number of thiocarbonyl (C=S) groups is 1. The van der Waals surface area contributed by atoms with Gasteiger partial charge < -0.3 is 10.5 Å². The predicted molar refractivity (Wildman–Crippen MR) is 90.8 cm³/mol. The summed E-state index contributed by atoms with van der Waals surface area (Å²) in [6.07, 6.45) is 0. The van der Waals surface area contributed by atoms with E-state index < -0.39 is 0 Å². The maximum Gasteiger partial charge on any atom is 0.130 e. The van der Waals surface area contributed by atoms with Crippen LogP contribution in [0.4, 0.5) is 0 Å². The van der Waals surface area contributed by atoms with Crippen molar-refractivity contribution in [3.05, 3.63) is 62.0 Å². The molecule has 0 amide bonds. The van der Waals surface area contributed by atoms with E-state index in [4.69, 9.17) is 45.9 Å². The van der Waals surface area contributed by atoms with Gasteiger partial charge in [-0.1, -0.05) is 63.5 Å². The van der Waals surface area contributed by atoms with E-state index >= 15 is 0 Å². The summed E-state index contributed by atoms with van der Waals surface area (Å²) in [6.45, 7) is 0.288. The summed E-state index contributed by atoms with van der Waals surface area (Å²) in [5.74, 6) is 0.608. The van der Waals surface area contributed by atoms with Gasteiger partial charge in [0.15, 0.2) is 0 Å². The SMILES string of the molecule is NC(=S)c1cc(Br)ccc1OCc1cccc(Cl)c1Cl. The molecule has 0 radical (unpaired) electrons. The Bertz CT molecular complexity index is 664. The van der Waals surface area contributed by atoms with Gasteiger partial charge >= 0.3 is 0 Å². The molecule has 0 bridgehead atoms. The Morgan fingerprint density at radius 2 is 2.00 bits per heavy atom. The van der Waals surface area contributed by atoms with Crippen LogP contribution in [0.1, 0.15) is 11.1 Å². The van der Waals surface area contributed by atoms with Crippen LogP contribution in [0, 0.1) is 0 Å². The minimum Gasteiger partial charge on any atom is -0.488 e. The molecule has 0 unspecified atom stereocenters. The van der Waals surface area contributed by atoms with Crippen LogP contribution in [0.3, 0.4) is 0 Å². The van der Waals surface area contributed by atoms with E-state index in [1.807, 2.05) is 24.3 Å². The van der Waals surface area contributed by atoms with Gasteiger partial charge in [0.1, 0.15) is 17.3 Å². The number of benzene rings is 2. The molecule has 0 aliphatic carbocycles. The van der Waals surface area contributed by atoms with Crippen molar-refractivity contribution in [1.29, 1.82) is 0 Å². The van der Waals surface area contributed by atoms with Crippen molar-refractivity contribution in [2.75, 3.05) is 0 Å². The fourth-order valence-electron chi connectivity index (χ4n) is 1.64. The van der Waals surface area contributed by atoms with Crippen molar-refractivity contribution in [1.82, 2.24) is 0 Å². The van der Waals surface area contributed by atoms with Crippen molar-refractivity contribution >= 4 is 56.3 Å². The molecule has 0 aromatic heterocycles. The number of ether oxygens (including phenoxy) is 1. The first-order chi connectivity index (χ1) is 9.49. The minimum absolute atomic E-state index is 0.276. The minimum atomic E-state index is 0.276. The number of hydrogen-bond donors (Lipinski definition) is 1. The molecule has 2 rings (SSSR count). The predicted octanol–water partition coefficient (Wildman–Crippen LogP) is 4.97. The van der Waals surface area contributed by atoms with E-state index in [1.54, 1.807) is 12.1 Å². The summed E-state index contributed by atoms with van der Waals surface area (Å²) in [6, 6.07) is 10.9. The largest absolute Gasteiger partial charge is 0.488 e. The lowest BCUT2D eigenvalue weighted by molar-refractivity contribution is 0.306. The maximum atomic E-state index is 6.12. The maximum absolute atomic E-state index is 6.12. The first-order valence-electron chi connectivity index (χ1n) is 5.64. The van der Waals surface area contributed by atoms with Gasteiger partial charge in [-0.05, 0) is 24.3 Å². The third-order valence-corrected chi connectivity index (χ3v) is 4.19. The highest BCUT2D eigenvalue weighted by Crippen LogP contribution is 2.28. The molecule has 6 heteroatoms. The molecule has 0 spiro atoms. The third kappa shape index (κ3) is 3.64. The van der Waals surface area contributed by atoms with Crippen LogP contribution in [-0.4, -0.2) is 4.99 Å². The summed E-state index contributed by atoms with van der Waals surface area (Å²) in [4.78, 5) is 0.276. The highest BCUT2D eigenvalue weighted by Gasteiger charge is 2.10. The molecule has 0 heterocycles. The summed E-state index contributed by atoms with van der Waals surface area (Å²) >= 11 is 20.5. The smallest absolute Gasteiger partial charge is 0.130 e. The van der Waals surface area contributed by atoms with E-state index in [-0.39, 0.29) is 11.6 Å². The van der Waals surface area contributed by atoms with Gasteiger partial charge in [0.25, 0.3) is 0 Å². The lowest BCUT2D eigenvalue weighted by Gasteiger charge is -2.12. The molecule has 0 aliphatic heterocycles. The molecule has 20 heavy (non-hydrogen) atoms. The molecule has 0 fully saturated rings. The zero-order chi connectivity index (χ0) is 14.7. The van der Waals surface area contributed by atoms with E-state index in [1.165, 1.54) is 0 Å². The Hall–Kier alpha value is -0.810. The van der Waals surface area contributed by atoms with Crippen molar-refractivity contribution in [2.45, 2.75) is 6.61 Å². The Morgan fingerprint density at radius 3 is 2.70 bits per heavy atom. The highest BCUT2D eigenvalue weighted by atomic mass is 79.9.